The molecule has 0 aromatic heterocycles. The van der Waals surface area contributed by atoms with Crippen LogP contribution in [0.3, 0.4) is 0 Å². The molecule has 0 aromatic carbocycles. The van der Waals surface area contributed by atoms with Crippen LogP contribution in [0.15, 0.2) is 12.3 Å². The molecule has 25 heavy (non-hydrogen) atoms. The first-order valence-corrected chi connectivity index (χ1v) is 10.9. The Bertz CT molecular complexity index is 254. The minimum atomic E-state index is 0.0783. The summed E-state index contributed by atoms with van der Waals surface area (Å²) in [7, 11) is 0. The third-order valence-corrected chi connectivity index (χ3v) is 4.50. The van der Waals surface area contributed by atoms with Gasteiger partial charge in [0.2, 0.25) is 0 Å². The molecule has 0 fully saturated rings. The van der Waals surface area contributed by atoms with E-state index in [2.05, 4.69) is 13.0 Å². The maximum atomic E-state index is 8.55. The van der Waals surface area contributed by atoms with Crippen molar-refractivity contribution < 1.29 is 14.6 Å². The van der Waals surface area contributed by atoms with Gasteiger partial charge in [0.25, 0.3) is 0 Å². The van der Waals surface area contributed by atoms with Gasteiger partial charge in [-0.3, -0.25) is 0 Å². The number of aliphatic hydroxyl groups excluding tert-OH is 1. The Labute approximate surface area is 157 Å². The Kier molecular flexibility index (Phi) is 23.0. The van der Waals surface area contributed by atoms with Crippen LogP contribution < -0.4 is 0 Å². The van der Waals surface area contributed by atoms with Gasteiger partial charge in [-0.05, 0) is 18.9 Å². The molecule has 0 bridgehead atoms. The van der Waals surface area contributed by atoms with Gasteiger partial charge < -0.3 is 14.6 Å². The number of allylic oxidation sites excluding steroid dienone is 1. The molecule has 0 heterocycles. The van der Waals surface area contributed by atoms with Crippen LogP contribution in [0.25, 0.3) is 0 Å². The Morgan fingerprint density at radius 1 is 0.640 bits per heavy atom. The van der Waals surface area contributed by atoms with Crippen molar-refractivity contribution >= 4 is 0 Å². The highest BCUT2D eigenvalue weighted by Crippen LogP contribution is 2.13. The molecule has 0 aromatic rings. The highest BCUT2D eigenvalue weighted by atomic mass is 16.5. The number of rotatable bonds is 21. The molecule has 3 heteroatoms. The smallest absolute Gasteiger partial charge is 0.111 e. The van der Waals surface area contributed by atoms with Crippen LogP contribution >= 0.6 is 0 Å². The van der Waals surface area contributed by atoms with Crippen LogP contribution in [0.4, 0.5) is 0 Å². The Balaban J connectivity index is 3.02. The van der Waals surface area contributed by atoms with Gasteiger partial charge in [-0.25, -0.2) is 0 Å². The molecule has 0 rings (SSSR count). The van der Waals surface area contributed by atoms with E-state index < -0.39 is 0 Å². The quantitative estimate of drug-likeness (QED) is 0.191. The van der Waals surface area contributed by atoms with E-state index >= 15 is 0 Å². The highest BCUT2D eigenvalue weighted by Gasteiger charge is 1.93. The predicted octanol–water partition coefficient (Wildman–Crippen LogP) is 6.40. The molecule has 1 N–H and O–H groups in total. The first-order chi connectivity index (χ1) is 12.4. The third-order valence-electron chi connectivity index (χ3n) is 4.50. The summed E-state index contributed by atoms with van der Waals surface area (Å²) in [6.07, 6.45) is 24.7. The van der Waals surface area contributed by atoms with E-state index in [0.717, 1.165) is 6.42 Å². The molecule has 0 amide bonds. The van der Waals surface area contributed by atoms with Gasteiger partial charge in [0.1, 0.15) is 6.61 Å². The Morgan fingerprint density at radius 2 is 1.16 bits per heavy atom. The summed E-state index contributed by atoms with van der Waals surface area (Å²) in [6.45, 7) is 3.87. The second-order valence-corrected chi connectivity index (χ2v) is 6.96. The lowest BCUT2D eigenvalue weighted by molar-refractivity contribution is 0.0600. The minimum absolute atomic E-state index is 0.0783. The van der Waals surface area contributed by atoms with Crippen LogP contribution in [0.1, 0.15) is 103 Å². The first kappa shape index (κ1) is 24.5. The average Bonchev–Trinajstić information content (AvgIpc) is 2.63. The zero-order chi connectivity index (χ0) is 18.3. The minimum Gasteiger partial charge on any atom is -0.499 e. The molecular weight excluding hydrogens is 312 g/mol. The fraction of sp³-hybridized carbons (Fsp3) is 0.909. The molecule has 0 aliphatic heterocycles. The number of unbranched alkanes of at least 4 members (excludes halogenated alkanes) is 14. The SMILES string of the molecule is CCCCCCCCCCCCCCCC/C=C/OCCOCCO. The second kappa shape index (κ2) is 23.5. The standard InChI is InChI=1S/C22H44O3/c1-2-3-4-5-6-7-8-9-10-11-12-13-14-15-16-17-19-24-21-22-25-20-18-23/h17,19,23H,2-16,18,20-22H2,1H3/b19-17+. The van der Waals surface area contributed by atoms with Gasteiger partial charge in [-0.1, -0.05) is 90.4 Å². The molecule has 0 unspecified atom stereocenters. The summed E-state index contributed by atoms with van der Waals surface area (Å²) in [5.74, 6) is 0. The van der Waals surface area contributed by atoms with Crippen molar-refractivity contribution in [1.29, 1.82) is 0 Å². The lowest BCUT2D eigenvalue weighted by Gasteiger charge is -2.03. The molecule has 150 valence electrons. The lowest BCUT2D eigenvalue weighted by atomic mass is 10.0. The van der Waals surface area contributed by atoms with Gasteiger partial charge in [-0.2, -0.15) is 0 Å². The van der Waals surface area contributed by atoms with Crippen LogP contribution in [0, 0.1) is 0 Å². The summed E-state index contributed by atoms with van der Waals surface area (Å²) in [5.41, 5.74) is 0. The van der Waals surface area contributed by atoms with Gasteiger partial charge >= 0.3 is 0 Å². The number of aliphatic hydroxyl groups is 1. The molecule has 3 nitrogen and oxygen atoms in total. The molecule has 0 aliphatic rings. The van der Waals surface area contributed by atoms with E-state index in [1.54, 1.807) is 6.26 Å². The maximum Gasteiger partial charge on any atom is 0.111 e. The fourth-order valence-corrected chi connectivity index (χ4v) is 2.93. The first-order valence-electron chi connectivity index (χ1n) is 10.9. The van der Waals surface area contributed by atoms with E-state index in [9.17, 15) is 0 Å². The van der Waals surface area contributed by atoms with Crippen LogP contribution in [-0.4, -0.2) is 31.5 Å². The topological polar surface area (TPSA) is 38.7 Å². The average molecular weight is 357 g/mol. The number of hydrogen-bond acceptors (Lipinski definition) is 3. The van der Waals surface area contributed by atoms with Crippen molar-refractivity contribution in [3.05, 3.63) is 12.3 Å². The van der Waals surface area contributed by atoms with Crippen molar-refractivity contribution in [2.45, 2.75) is 103 Å². The summed E-state index contributed by atoms with van der Waals surface area (Å²) in [5, 5.41) is 8.55. The van der Waals surface area contributed by atoms with Gasteiger partial charge in [0.15, 0.2) is 0 Å². The summed E-state index contributed by atoms with van der Waals surface area (Å²) >= 11 is 0. The van der Waals surface area contributed by atoms with Crippen molar-refractivity contribution in [2.75, 3.05) is 26.4 Å². The molecule has 0 saturated carbocycles. The van der Waals surface area contributed by atoms with E-state index in [4.69, 9.17) is 14.6 Å². The zero-order valence-electron chi connectivity index (χ0n) is 16.9. The summed E-state index contributed by atoms with van der Waals surface area (Å²) < 4.78 is 10.4. The van der Waals surface area contributed by atoms with Gasteiger partial charge in [0, 0.05) is 0 Å². The molecule has 0 radical (unpaired) electrons. The van der Waals surface area contributed by atoms with Crippen molar-refractivity contribution in [1.82, 2.24) is 0 Å². The zero-order valence-corrected chi connectivity index (χ0v) is 16.9. The van der Waals surface area contributed by atoms with E-state index in [0.29, 0.717) is 19.8 Å². The van der Waals surface area contributed by atoms with E-state index in [1.807, 2.05) is 0 Å². The summed E-state index contributed by atoms with van der Waals surface area (Å²) in [6, 6.07) is 0. The third kappa shape index (κ3) is 23.5. The highest BCUT2D eigenvalue weighted by molar-refractivity contribution is 4.73. The lowest BCUT2D eigenvalue weighted by Crippen LogP contribution is -2.04. The van der Waals surface area contributed by atoms with Crippen molar-refractivity contribution in [3.8, 4) is 0 Å². The number of ether oxygens (including phenoxy) is 2. The second-order valence-electron chi connectivity index (χ2n) is 6.96. The van der Waals surface area contributed by atoms with Crippen LogP contribution in [-0.2, 0) is 9.47 Å². The Morgan fingerprint density at radius 3 is 1.68 bits per heavy atom. The van der Waals surface area contributed by atoms with Crippen LogP contribution in [0.5, 0.6) is 0 Å². The Hall–Kier alpha value is -0.540. The van der Waals surface area contributed by atoms with Gasteiger partial charge in [0.05, 0.1) is 26.1 Å². The molecule has 0 atom stereocenters. The molecule has 0 spiro atoms. The molecular formula is C22H44O3. The summed E-state index contributed by atoms with van der Waals surface area (Å²) in [4.78, 5) is 0. The maximum absolute atomic E-state index is 8.55. The monoisotopic (exact) mass is 356 g/mol. The van der Waals surface area contributed by atoms with Crippen molar-refractivity contribution in [2.24, 2.45) is 0 Å². The number of hydrogen-bond donors (Lipinski definition) is 1. The van der Waals surface area contributed by atoms with Crippen LogP contribution in [0.2, 0.25) is 0 Å². The molecule has 0 aliphatic carbocycles. The normalized spacial score (nSPS) is 11.4. The van der Waals surface area contributed by atoms with E-state index in [1.165, 1.54) is 89.9 Å². The van der Waals surface area contributed by atoms with E-state index in [-0.39, 0.29) is 6.61 Å². The van der Waals surface area contributed by atoms with Gasteiger partial charge in [-0.15, -0.1) is 0 Å². The molecule has 0 saturated heterocycles. The predicted molar refractivity (Wildman–Crippen MR) is 108 cm³/mol. The largest absolute Gasteiger partial charge is 0.499 e. The van der Waals surface area contributed by atoms with Crippen molar-refractivity contribution in [3.63, 3.8) is 0 Å². The fourth-order valence-electron chi connectivity index (χ4n) is 2.93.